The number of H-pyrrole nitrogens is 1. The summed E-state index contributed by atoms with van der Waals surface area (Å²) in [7, 11) is -3.50. The molecule has 8 heteroatoms. The summed E-state index contributed by atoms with van der Waals surface area (Å²) in [5.41, 5.74) is 0. The molecule has 1 amide bonds. The van der Waals surface area contributed by atoms with E-state index >= 15 is 0 Å². The van der Waals surface area contributed by atoms with Gasteiger partial charge >= 0.3 is 0 Å². The SMILES string of the molecule is CC(=O)NC1CCN(S(=O)(=O)c2cnc[nH]2)C1. The number of hydrogen-bond donors (Lipinski definition) is 2. The molecule has 1 saturated heterocycles. The van der Waals surface area contributed by atoms with Gasteiger partial charge in [-0.3, -0.25) is 4.79 Å². The molecule has 0 aliphatic carbocycles. The van der Waals surface area contributed by atoms with Crippen molar-refractivity contribution in [3.63, 3.8) is 0 Å². The maximum absolute atomic E-state index is 12.1. The highest BCUT2D eigenvalue weighted by Crippen LogP contribution is 2.18. The maximum atomic E-state index is 12.1. The zero-order valence-electron chi connectivity index (χ0n) is 9.38. The van der Waals surface area contributed by atoms with Gasteiger partial charge in [0.2, 0.25) is 5.91 Å². The van der Waals surface area contributed by atoms with Crippen molar-refractivity contribution < 1.29 is 13.2 Å². The standard InChI is InChI=1S/C9H14N4O3S/c1-7(14)12-8-2-3-13(5-8)17(15,16)9-4-10-6-11-9/h4,6,8H,2-3,5H2,1H3,(H,10,11)(H,12,14). The molecule has 1 aromatic heterocycles. The zero-order valence-corrected chi connectivity index (χ0v) is 10.2. The molecule has 0 aromatic carbocycles. The molecule has 94 valence electrons. The lowest BCUT2D eigenvalue weighted by molar-refractivity contribution is -0.119. The van der Waals surface area contributed by atoms with Gasteiger partial charge in [0.25, 0.3) is 10.0 Å². The molecular weight excluding hydrogens is 244 g/mol. The van der Waals surface area contributed by atoms with Crippen LogP contribution in [-0.2, 0) is 14.8 Å². The van der Waals surface area contributed by atoms with Crippen LogP contribution in [0.4, 0.5) is 0 Å². The van der Waals surface area contributed by atoms with Gasteiger partial charge in [0.15, 0.2) is 5.03 Å². The van der Waals surface area contributed by atoms with Crippen LogP contribution in [0.1, 0.15) is 13.3 Å². The van der Waals surface area contributed by atoms with Crippen LogP contribution in [0.5, 0.6) is 0 Å². The molecule has 1 aromatic rings. The van der Waals surface area contributed by atoms with Crippen LogP contribution in [0, 0.1) is 0 Å². The number of carbonyl (C=O) groups is 1. The van der Waals surface area contributed by atoms with Gasteiger partial charge in [0, 0.05) is 26.1 Å². The van der Waals surface area contributed by atoms with E-state index in [0.29, 0.717) is 19.5 Å². The third kappa shape index (κ3) is 2.47. The van der Waals surface area contributed by atoms with Crippen molar-refractivity contribution in [2.75, 3.05) is 13.1 Å². The largest absolute Gasteiger partial charge is 0.352 e. The highest BCUT2D eigenvalue weighted by molar-refractivity contribution is 7.89. The summed E-state index contributed by atoms with van der Waals surface area (Å²) in [5, 5.41) is 2.80. The molecule has 7 nitrogen and oxygen atoms in total. The molecule has 1 aliphatic heterocycles. The first-order chi connectivity index (χ1) is 8.00. The summed E-state index contributed by atoms with van der Waals surface area (Å²) in [6.45, 7) is 2.14. The summed E-state index contributed by atoms with van der Waals surface area (Å²) in [4.78, 5) is 17.2. The van der Waals surface area contributed by atoms with Crippen LogP contribution in [-0.4, -0.2) is 47.7 Å². The van der Waals surface area contributed by atoms with Gasteiger partial charge in [-0.1, -0.05) is 0 Å². The Kier molecular flexibility index (Phi) is 3.16. The van der Waals surface area contributed by atoms with E-state index in [0.717, 1.165) is 0 Å². The average Bonchev–Trinajstić information content (AvgIpc) is 2.85. The Balaban J connectivity index is 2.08. The minimum absolute atomic E-state index is 0.0842. The number of aromatic amines is 1. The lowest BCUT2D eigenvalue weighted by Gasteiger charge is -2.15. The van der Waals surface area contributed by atoms with Crippen molar-refractivity contribution >= 4 is 15.9 Å². The summed E-state index contributed by atoms with van der Waals surface area (Å²) in [6, 6.07) is -0.106. The predicted molar refractivity (Wildman–Crippen MR) is 59.6 cm³/mol. The Morgan fingerprint density at radius 3 is 3.00 bits per heavy atom. The Morgan fingerprint density at radius 2 is 2.41 bits per heavy atom. The molecule has 17 heavy (non-hydrogen) atoms. The van der Waals surface area contributed by atoms with E-state index in [4.69, 9.17) is 0 Å². The predicted octanol–water partition coefficient (Wildman–Crippen LogP) is -0.691. The van der Waals surface area contributed by atoms with Crippen LogP contribution >= 0.6 is 0 Å². The number of hydrogen-bond acceptors (Lipinski definition) is 4. The smallest absolute Gasteiger partial charge is 0.260 e. The molecule has 0 spiro atoms. The zero-order chi connectivity index (χ0) is 12.5. The van der Waals surface area contributed by atoms with Crippen LogP contribution < -0.4 is 5.32 Å². The topological polar surface area (TPSA) is 95.2 Å². The van der Waals surface area contributed by atoms with Gasteiger partial charge in [-0.25, -0.2) is 13.4 Å². The monoisotopic (exact) mass is 258 g/mol. The summed E-state index contributed by atoms with van der Waals surface area (Å²) >= 11 is 0. The molecule has 1 atom stereocenters. The van der Waals surface area contributed by atoms with Gasteiger partial charge in [-0.2, -0.15) is 4.31 Å². The Labute approximate surface area is 99.3 Å². The third-order valence-electron chi connectivity index (χ3n) is 2.65. The highest BCUT2D eigenvalue weighted by Gasteiger charge is 2.33. The minimum Gasteiger partial charge on any atom is -0.352 e. The first kappa shape index (κ1) is 12.1. The fraction of sp³-hybridized carbons (Fsp3) is 0.556. The molecule has 2 N–H and O–H groups in total. The summed E-state index contributed by atoms with van der Waals surface area (Å²) in [6.07, 6.45) is 3.24. The molecule has 2 rings (SSSR count). The third-order valence-corrected chi connectivity index (χ3v) is 4.44. The molecule has 0 radical (unpaired) electrons. The number of nitrogens with zero attached hydrogens (tertiary/aromatic N) is 2. The van der Waals surface area contributed by atoms with Crippen molar-refractivity contribution in [3.05, 3.63) is 12.5 Å². The van der Waals surface area contributed by atoms with E-state index in [1.54, 1.807) is 0 Å². The van der Waals surface area contributed by atoms with Crippen LogP contribution in [0.15, 0.2) is 17.6 Å². The van der Waals surface area contributed by atoms with Crippen molar-refractivity contribution in [1.82, 2.24) is 19.6 Å². The van der Waals surface area contributed by atoms with Gasteiger partial charge in [-0.05, 0) is 6.42 Å². The Bertz CT molecular complexity index is 496. The summed E-state index contributed by atoms with van der Waals surface area (Å²) in [5.74, 6) is -0.143. The molecule has 0 saturated carbocycles. The Morgan fingerprint density at radius 1 is 1.65 bits per heavy atom. The molecule has 1 aliphatic rings. The van der Waals surface area contributed by atoms with Crippen molar-refractivity contribution in [2.24, 2.45) is 0 Å². The Hall–Kier alpha value is -1.41. The number of nitrogens with one attached hydrogen (secondary N) is 2. The van der Waals surface area contributed by atoms with Gasteiger partial charge in [-0.15, -0.1) is 0 Å². The first-order valence-corrected chi connectivity index (χ1v) is 6.70. The van der Waals surface area contributed by atoms with Crippen molar-refractivity contribution in [1.29, 1.82) is 0 Å². The van der Waals surface area contributed by atoms with Gasteiger partial charge < -0.3 is 10.3 Å². The number of sulfonamides is 1. The number of rotatable bonds is 3. The first-order valence-electron chi connectivity index (χ1n) is 5.26. The van der Waals surface area contributed by atoms with Crippen molar-refractivity contribution in [2.45, 2.75) is 24.4 Å². The van der Waals surface area contributed by atoms with E-state index in [1.807, 2.05) is 0 Å². The molecule has 1 unspecified atom stereocenters. The van der Waals surface area contributed by atoms with E-state index in [-0.39, 0.29) is 17.0 Å². The second kappa shape index (κ2) is 4.46. The van der Waals surface area contributed by atoms with Gasteiger partial charge in [0.1, 0.15) is 0 Å². The molecule has 0 bridgehead atoms. The highest BCUT2D eigenvalue weighted by atomic mass is 32.2. The number of amides is 1. The van der Waals surface area contributed by atoms with E-state index < -0.39 is 10.0 Å². The van der Waals surface area contributed by atoms with E-state index in [9.17, 15) is 13.2 Å². The molecule has 1 fully saturated rings. The van der Waals surface area contributed by atoms with E-state index in [1.165, 1.54) is 23.8 Å². The minimum atomic E-state index is -3.50. The molecular formula is C9H14N4O3S. The van der Waals surface area contributed by atoms with Gasteiger partial charge in [0.05, 0.1) is 12.5 Å². The lowest BCUT2D eigenvalue weighted by Crippen LogP contribution is -2.37. The van der Waals surface area contributed by atoms with Crippen LogP contribution in [0.3, 0.4) is 0 Å². The molecule has 2 heterocycles. The van der Waals surface area contributed by atoms with E-state index in [2.05, 4.69) is 15.3 Å². The quantitative estimate of drug-likeness (QED) is 0.750. The van der Waals surface area contributed by atoms with Crippen LogP contribution in [0.25, 0.3) is 0 Å². The second-order valence-corrected chi connectivity index (χ2v) is 5.87. The lowest BCUT2D eigenvalue weighted by atomic mass is 10.3. The fourth-order valence-corrected chi connectivity index (χ4v) is 3.27. The number of carbonyl (C=O) groups excluding carboxylic acids is 1. The fourth-order valence-electron chi connectivity index (χ4n) is 1.88. The summed E-state index contributed by atoms with van der Waals surface area (Å²) < 4.78 is 25.5. The second-order valence-electron chi connectivity index (χ2n) is 3.97. The van der Waals surface area contributed by atoms with Crippen LogP contribution in [0.2, 0.25) is 0 Å². The number of aromatic nitrogens is 2. The number of imidazole rings is 1. The maximum Gasteiger partial charge on any atom is 0.260 e. The normalized spacial score (nSPS) is 21.6. The average molecular weight is 258 g/mol. The van der Waals surface area contributed by atoms with Crippen molar-refractivity contribution in [3.8, 4) is 0 Å².